The van der Waals surface area contributed by atoms with Gasteiger partial charge in [0.1, 0.15) is 0 Å². The molecule has 0 aromatic carbocycles. The van der Waals surface area contributed by atoms with E-state index in [0.29, 0.717) is 11.3 Å². The Morgan fingerprint density at radius 1 is 1.31 bits per heavy atom. The highest BCUT2D eigenvalue weighted by molar-refractivity contribution is 5.49. The fraction of sp³-hybridized carbons (Fsp3) is 0.111. The van der Waals surface area contributed by atoms with E-state index in [0.717, 1.165) is 0 Å². The molecular weight excluding hydrogens is 168 g/mol. The van der Waals surface area contributed by atoms with Crippen molar-refractivity contribution in [3.8, 4) is 0 Å². The summed E-state index contributed by atoms with van der Waals surface area (Å²) in [5.74, 6) is 0. The first-order valence-corrected chi connectivity index (χ1v) is 3.77. The van der Waals surface area contributed by atoms with Gasteiger partial charge in [-0.2, -0.15) is 0 Å². The van der Waals surface area contributed by atoms with Gasteiger partial charge in [-0.15, -0.1) is 0 Å². The topological polar surface area (TPSA) is 65.7 Å². The maximum Gasteiger partial charge on any atom is 0.326 e. The fourth-order valence-electron chi connectivity index (χ4n) is 0.897. The van der Waals surface area contributed by atoms with Crippen molar-refractivity contribution in [1.82, 2.24) is 9.97 Å². The number of rotatable bonds is 2. The molecule has 0 unspecified atom stereocenters. The van der Waals surface area contributed by atoms with Crippen LogP contribution in [0.4, 0.5) is 0 Å². The molecule has 68 valence electrons. The van der Waals surface area contributed by atoms with Crippen LogP contribution in [0.5, 0.6) is 0 Å². The molecule has 4 heteroatoms. The lowest BCUT2D eigenvalue weighted by atomic mass is 10.2. The van der Waals surface area contributed by atoms with Gasteiger partial charge in [-0.1, -0.05) is 18.7 Å². The average molecular weight is 178 g/mol. The van der Waals surface area contributed by atoms with Crippen molar-refractivity contribution in [3.63, 3.8) is 0 Å². The molecule has 0 bridgehead atoms. The van der Waals surface area contributed by atoms with E-state index >= 15 is 0 Å². The van der Waals surface area contributed by atoms with E-state index in [-0.39, 0.29) is 5.56 Å². The second-order valence-electron chi connectivity index (χ2n) is 2.54. The van der Waals surface area contributed by atoms with Crippen LogP contribution in [0.25, 0.3) is 6.08 Å². The summed E-state index contributed by atoms with van der Waals surface area (Å²) in [4.78, 5) is 26.6. The first-order valence-electron chi connectivity index (χ1n) is 3.77. The molecular formula is C9H10N2O2. The Labute approximate surface area is 74.6 Å². The van der Waals surface area contributed by atoms with Gasteiger partial charge in [0.2, 0.25) is 0 Å². The molecule has 2 N–H and O–H groups in total. The Morgan fingerprint density at radius 3 is 2.62 bits per heavy atom. The van der Waals surface area contributed by atoms with Crippen molar-refractivity contribution in [1.29, 1.82) is 0 Å². The molecule has 0 aliphatic rings. The number of nitrogens with one attached hydrogen (secondary N) is 2. The molecule has 0 fully saturated rings. The molecule has 1 aromatic heterocycles. The first kappa shape index (κ1) is 9.25. The Balaban J connectivity index is 3.36. The molecule has 0 aliphatic heterocycles. The normalized spacial score (nSPS) is 10.5. The number of aromatic amines is 2. The van der Waals surface area contributed by atoms with Crippen molar-refractivity contribution in [2.75, 3.05) is 0 Å². The molecule has 13 heavy (non-hydrogen) atoms. The summed E-state index contributed by atoms with van der Waals surface area (Å²) in [6, 6.07) is 0. The van der Waals surface area contributed by atoms with Gasteiger partial charge >= 0.3 is 5.69 Å². The monoisotopic (exact) mass is 178 g/mol. The second kappa shape index (κ2) is 3.71. The molecule has 0 radical (unpaired) electrons. The van der Waals surface area contributed by atoms with Crippen LogP contribution in [0.1, 0.15) is 11.3 Å². The van der Waals surface area contributed by atoms with Crippen molar-refractivity contribution >= 4 is 6.08 Å². The summed E-state index contributed by atoms with van der Waals surface area (Å²) in [6.07, 6.45) is 4.84. The minimum atomic E-state index is -0.501. The summed E-state index contributed by atoms with van der Waals surface area (Å²) in [6.45, 7) is 5.12. The van der Waals surface area contributed by atoms with Crippen LogP contribution < -0.4 is 11.2 Å². The smallest absolute Gasteiger partial charge is 0.307 e. The van der Waals surface area contributed by atoms with E-state index in [1.54, 1.807) is 25.2 Å². The predicted octanol–water partition coefficient (Wildman–Crippen LogP) is 0.571. The molecule has 0 atom stereocenters. The number of hydrogen-bond donors (Lipinski definition) is 2. The molecule has 0 aliphatic carbocycles. The molecule has 0 saturated carbocycles. The van der Waals surface area contributed by atoms with Crippen molar-refractivity contribution in [2.24, 2.45) is 0 Å². The van der Waals surface area contributed by atoms with E-state index in [2.05, 4.69) is 16.5 Å². The van der Waals surface area contributed by atoms with Crippen LogP contribution in [-0.4, -0.2) is 9.97 Å². The minimum absolute atomic E-state index is 0.368. The standard InChI is InChI=1S/C9H10N2O2/c1-3-4-5-7-6(2)8(12)11-9(13)10-7/h3-5H,1H2,2H3,(H2,10,11,12,13)/b5-4-. The van der Waals surface area contributed by atoms with Crippen LogP contribution in [0.3, 0.4) is 0 Å². The Bertz CT molecular complexity index is 451. The van der Waals surface area contributed by atoms with Gasteiger partial charge in [0.15, 0.2) is 0 Å². The van der Waals surface area contributed by atoms with Crippen LogP contribution >= 0.6 is 0 Å². The lowest BCUT2D eigenvalue weighted by molar-refractivity contribution is 0.995. The maximum atomic E-state index is 11.1. The van der Waals surface area contributed by atoms with Crippen LogP contribution in [0.15, 0.2) is 28.3 Å². The molecule has 1 heterocycles. The minimum Gasteiger partial charge on any atom is -0.307 e. The third kappa shape index (κ3) is 2.05. The molecule has 4 nitrogen and oxygen atoms in total. The van der Waals surface area contributed by atoms with Crippen LogP contribution in [0, 0.1) is 6.92 Å². The fourth-order valence-corrected chi connectivity index (χ4v) is 0.897. The van der Waals surface area contributed by atoms with E-state index in [1.165, 1.54) is 0 Å². The quantitative estimate of drug-likeness (QED) is 0.650. The van der Waals surface area contributed by atoms with E-state index in [9.17, 15) is 9.59 Å². The van der Waals surface area contributed by atoms with Gasteiger partial charge in [-0.05, 0) is 13.0 Å². The van der Waals surface area contributed by atoms with Crippen molar-refractivity contribution in [2.45, 2.75) is 6.92 Å². The first-order chi connectivity index (χ1) is 6.15. The number of H-pyrrole nitrogens is 2. The van der Waals surface area contributed by atoms with Crippen LogP contribution in [-0.2, 0) is 0 Å². The lowest BCUT2D eigenvalue weighted by Gasteiger charge is -1.96. The molecule has 0 spiro atoms. The van der Waals surface area contributed by atoms with Gasteiger partial charge in [0, 0.05) is 5.56 Å². The van der Waals surface area contributed by atoms with Gasteiger partial charge in [0.05, 0.1) is 5.69 Å². The highest BCUT2D eigenvalue weighted by atomic mass is 16.2. The zero-order valence-electron chi connectivity index (χ0n) is 7.26. The zero-order chi connectivity index (χ0) is 9.84. The summed E-state index contributed by atoms with van der Waals surface area (Å²) in [5, 5.41) is 0. The number of aromatic nitrogens is 2. The number of allylic oxidation sites excluding steroid dienone is 2. The highest BCUT2D eigenvalue weighted by Gasteiger charge is 1.99. The summed E-state index contributed by atoms with van der Waals surface area (Å²) >= 11 is 0. The third-order valence-corrected chi connectivity index (χ3v) is 1.62. The Hall–Kier alpha value is -1.84. The molecule has 1 aromatic rings. The van der Waals surface area contributed by atoms with E-state index in [1.807, 2.05) is 0 Å². The third-order valence-electron chi connectivity index (χ3n) is 1.62. The SMILES string of the molecule is C=C/C=C\c1[nH]c(=O)[nH]c(=O)c1C. The van der Waals surface area contributed by atoms with Gasteiger partial charge in [-0.3, -0.25) is 9.78 Å². The average Bonchev–Trinajstić information content (AvgIpc) is 2.09. The predicted molar refractivity (Wildman–Crippen MR) is 51.7 cm³/mol. The van der Waals surface area contributed by atoms with E-state index < -0.39 is 5.69 Å². The second-order valence-corrected chi connectivity index (χ2v) is 2.54. The summed E-state index contributed by atoms with van der Waals surface area (Å²) in [5.41, 5.74) is 0.123. The largest absolute Gasteiger partial charge is 0.326 e. The van der Waals surface area contributed by atoms with Gasteiger partial charge in [-0.25, -0.2) is 4.79 Å². The van der Waals surface area contributed by atoms with Crippen molar-refractivity contribution in [3.05, 3.63) is 50.8 Å². The summed E-state index contributed by atoms with van der Waals surface area (Å²) < 4.78 is 0. The van der Waals surface area contributed by atoms with E-state index in [4.69, 9.17) is 0 Å². The lowest BCUT2D eigenvalue weighted by Crippen LogP contribution is -2.25. The van der Waals surface area contributed by atoms with Crippen molar-refractivity contribution < 1.29 is 0 Å². The summed E-state index contributed by atoms with van der Waals surface area (Å²) in [7, 11) is 0. The maximum absolute atomic E-state index is 11.1. The zero-order valence-corrected chi connectivity index (χ0v) is 7.26. The molecule has 1 rings (SSSR count). The Kier molecular flexibility index (Phi) is 2.64. The van der Waals surface area contributed by atoms with Gasteiger partial charge in [0.25, 0.3) is 5.56 Å². The van der Waals surface area contributed by atoms with Crippen LogP contribution in [0.2, 0.25) is 0 Å². The number of hydrogen-bond acceptors (Lipinski definition) is 2. The highest BCUT2D eigenvalue weighted by Crippen LogP contribution is 1.97. The van der Waals surface area contributed by atoms with Gasteiger partial charge < -0.3 is 4.98 Å². The Morgan fingerprint density at radius 2 is 2.00 bits per heavy atom. The molecule has 0 amide bonds. The molecule has 0 saturated heterocycles.